The number of hydrogen-bond acceptors (Lipinski definition) is 4. The monoisotopic (exact) mass is 406 g/mol. The number of carbonyl (C=O) groups is 1. The summed E-state index contributed by atoms with van der Waals surface area (Å²) >= 11 is 0. The van der Waals surface area contributed by atoms with Crippen LogP contribution in [0.3, 0.4) is 0 Å². The van der Waals surface area contributed by atoms with Gasteiger partial charge in [0.05, 0.1) is 11.3 Å². The van der Waals surface area contributed by atoms with E-state index in [0.717, 1.165) is 36.2 Å². The summed E-state index contributed by atoms with van der Waals surface area (Å²) in [5.41, 5.74) is 1.54. The number of rotatable bonds is 4. The van der Waals surface area contributed by atoms with E-state index in [1.807, 2.05) is 25.9 Å². The third-order valence-electron chi connectivity index (χ3n) is 5.27. The molecule has 3 rings (SSSR count). The Bertz CT molecular complexity index is 857. The van der Waals surface area contributed by atoms with Crippen molar-refractivity contribution in [3.63, 3.8) is 0 Å². The zero-order valence-electron chi connectivity index (χ0n) is 16.8. The third kappa shape index (κ3) is 4.68. The molecule has 0 unspecified atom stereocenters. The quantitative estimate of drug-likeness (QED) is 0.758. The number of alkyl halides is 3. The van der Waals surface area contributed by atoms with E-state index in [9.17, 15) is 18.0 Å². The van der Waals surface area contributed by atoms with Crippen LogP contribution in [0.25, 0.3) is 11.1 Å². The van der Waals surface area contributed by atoms with Crippen molar-refractivity contribution in [1.82, 2.24) is 14.9 Å². The largest absolute Gasteiger partial charge is 0.416 e. The molecule has 156 valence electrons. The van der Waals surface area contributed by atoms with Crippen LogP contribution in [0.5, 0.6) is 0 Å². The first-order chi connectivity index (χ1) is 13.7. The molecule has 5 nitrogen and oxygen atoms in total. The van der Waals surface area contributed by atoms with Crippen molar-refractivity contribution < 1.29 is 18.0 Å². The van der Waals surface area contributed by atoms with E-state index in [2.05, 4.69) is 4.98 Å². The van der Waals surface area contributed by atoms with Gasteiger partial charge in [-0.05, 0) is 30.5 Å². The molecule has 1 aliphatic rings. The smallest absolute Gasteiger partial charge is 0.347 e. The number of hydrogen-bond donors (Lipinski definition) is 0. The molecule has 0 aliphatic carbocycles. The minimum absolute atomic E-state index is 0.120. The Morgan fingerprint density at radius 3 is 2.31 bits per heavy atom. The van der Waals surface area contributed by atoms with Crippen molar-refractivity contribution in [3.8, 4) is 11.1 Å². The molecule has 0 N–H and O–H groups in total. The highest BCUT2D eigenvalue weighted by atomic mass is 19.4. The van der Waals surface area contributed by atoms with E-state index in [4.69, 9.17) is 4.98 Å². The first-order valence-electron chi connectivity index (χ1n) is 9.70. The minimum atomic E-state index is -4.37. The van der Waals surface area contributed by atoms with Gasteiger partial charge in [-0.3, -0.25) is 4.79 Å². The van der Waals surface area contributed by atoms with E-state index < -0.39 is 11.7 Å². The second-order valence-corrected chi connectivity index (χ2v) is 7.45. The van der Waals surface area contributed by atoms with Gasteiger partial charge in [0.1, 0.15) is 0 Å². The van der Waals surface area contributed by atoms with E-state index in [1.54, 1.807) is 11.1 Å². The summed E-state index contributed by atoms with van der Waals surface area (Å²) in [6, 6.07) is 5.11. The van der Waals surface area contributed by atoms with Gasteiger partial charge in [0.15, 0.2) is 0 Å². The van der Waals surface area contributed by atoms with Gasteiger partial charge in [0.2, 0.25) is 11.9 Å². The Hall–Kier alpha value is -2.64. The van der Waals surface area contributed by atoms with Crippen LogP contribution in [0.4, 0.5) is 19.1 Å². The molecule has 0 bridgehead atoms. The van der Waals surface area contributed by atoms with Crippen LogP contribution in [0.15, 0.2) is 30.5 Å². The average Bonchev–Trinajstić information content (AvgIpc) is 2.72. The lowest BCUT2D eigenvalue weighted by Crippen LogP contribution is -2.37. The Morgan fingerprint density at radius 2 is 1.79 bits per heavy atom. The zero-order valence-corrected chi connectivity index (χ0v) is 16.8. The van der Waals surface area contributed by atoms with Gasteiger partial charge >= 0.3 is 6.18 Å². The van der Waals surface area contributed by atoms with Gasteiger partial charge in [0, 0.05) is 51.3 Å². The van der Waals surface area contributed by atoms with Crippen LogP contribution >= 0.6 is 0 Å². The molecule has 1 aliphatic heterocycles. The van der Waals surface area contributed by atoms with Crippen LogP contribution in [0.2, 0.25) is 0 Å². The highest BCUT2D eigenvalue weighted by molar-refractivity contribution is 5.76. The second kappa shape index (κ2) is 8.39. The van der Waals surface area contributed by atoms with Crippen molar-refractivity contribution in [2.45, 2.75) is 38.3 Å². The van der Waals surface area contributed by atoms with Gasteiger partial charge < -0.3 is 9.80 Å². The summed E-state index contributed by atoms with van der Waals surface area (Å²) < 4.78 is 38.7. The molecule has 1 aromatic carbocycles. The van der Waals surface area contributed by atoms with Crippen molar-refractivity contribution in [2.75, 3.05) is 32.1 Å². The maximum absolute atomic E-state index is 12.9. The number of amides is 1. The van der Waals surface area contributed by atoms with E-state index >= 15 is 0 Å². The Balaban J connectivity index is 1.93. The van der Waals surface area contributed by atoms with E-state index in [-0.39, 0.29) is 11.8 Å². The van der Waals surface area contributed by atoms with E-state index in [1.165, 1.54) is 12.1 Å². The maximum atomic E-state index is 12.9. The molecule has 1 fully saturated rings. The number of anilines is 1. The number of aromatic nitrogens is 2. The molecule has 2 aromatic rings. The molecule has 1 saturated heterocycles. The predicted octanol–water partition coefficient (Wildman–Crippen LogP) is 4.34. The minimum Gasteiger partial charge on any atom is -0.347 e. The molecule has 0 spiro atoms. The van der Waals surface area contributed by atoms with Crippen LogP contribution in [0, 0.1) is 0 Å². The molecule has 1 amide bonds. The maximum Gasteiger partial charge on any atom is 0.416 e. The van der Waals surface area contributed by atoms with Crippen LogP contribution in [0.1, 0.15) is 43.4 Å². The predicted molar refractivity (Wildman–Crippen MR) is 106 cm³/mol. The lowest BCUT2D eigenvalue weighted by Gasteiger charge is -2.32. The average molecular weight is 406 g/mol. The number of halogens is 3. The first kappa shape index (κ1) is 21.1. The van der Waals surface area contributed by atoms with Gasteiger partial charge in [-0.25, -0.2) is 9.97 Å². The number of piperidine rings is 1. The molecule has 2 heterocycles. The fourth-order valence-corrected chi connectivity index (χ4v) is 3.60. The molecular formula is C21H25F3N4O. The molecule has 8 heteroatoms. The summed E-state index contributed by atoms with van der Waals surface area (Å²) in [7, 11) is 3.69. The third-order valence-corrected chi connectivity index (χ3v) is 5.27. The van der Waals surface area contributed by atoms with Crippen molar-refractivity contribution in [1.29, 1.82) is 0 Å². The van der Waals surface area contributed by atoms with Crippen molar-refractivity contribution >= 4 is 11.9 Å². The molecule has 0 saturated carbocycles. The second-order valence-electron chi connectivity index (χ2n) is 7.45. The van der Waals surface area contributed by atoms with Gasteiger partial charge in [-0.2, -0.15) is 13.2 Å². The standard InChI is InChI=1S/C21H25F3N4O/c1-4-18(29)28-11-9-15(10-12-28)19-17(13-25-20(26-19)27(2)3)14-5-7-16(8-6-14)21(22,23)24/h5-8,13,15H,4,9-12H2,1-3H3. The summed E-state index contributed by atoms with van der Waals surface area (Å²) in [4.78, 5) is 24.7. The Labute approximate surface area is 168 Å². The van der Waals surface area contributed by atoms with Gasteiger partial charge in [-0.15, -0.1) is 0 Å². The summed E-state index contributed by atoms with van der Waals surface area (Å²) in [5.74, 6) is 0.820. The lowest BCUT2D eigenvalue weighted by atomic mass is 9.88. The van der Waals surface area contributed by atoms with Crippen molar-refractivity contribution in [2.24, 2.45) is 0 Å². The number of nitrogens with zero attached hydrogens (tertiary/aromatic N) is 4. The van der Waals surface area contributed by atoms with Crippen LogP contribution in [-0.4, -0.2) is 48.0 Å². The highest BCUT2D eigenvalue weighted by Crippen LogP contribution is 2.36. The van der Waals surface area contributed by atoms with Crippen LogP contribution < -0.4 is 4.90 Å². The Kier molecular flexibility index (Phi) is 6.10. The van der Waals surface area contributed by atoms with Crippen LogP contribution in [-0.2, 0) is 11.0 Å². The molecular weight excluding hydrogens is 381 g/mol. The number of benzene rings is 1. The fraction of sp³-hybridized carbons (Fsp3) is 0.476. The Morgan fingerprint density at radius 1 is 1.17 bits per heavy atom. The molecule has 0 atom stereocenters. The SMILES string of the molecule is CCC(=O)N1CCC(c2nc(N(C)C)ncc2-c2ccc(C(F)(F)F)cc2)CC1. The van der Waals surface area contributed by atoms with E-state index in [0.29, 0.717) is 31.0 Å². The zero-order chi connectivity index (χ0) is 21.2. The number of carbonyl (C=O) groups excluding carboxylic acids is 1. The summed E-state index contributed by atoms with van der Waals surface area (Å²) in [5, 5.41) is 0. The normalized spacial score (nSPS) is 15.4. The summed E-state index contributed by atoms with van der Waals surface area (Å²) in [6.07, 6.45) is -0.665. The fourth-order valence-electron chi connectivity index (χ4n) is 3.60. The molecule has 0 radical (unpaired) electrons. The molecule has 1 aromatic heterocycles. The topological polar surface area (TPSA) is 49.3 Å². The lowest BCUT2D eigenvalue weighted by molar-refractivity contribution is -0.137. The summed E-state index contributed by atoms with van der Waals surface area (Å²) in [6.45, 7) is 3.17. The molecule has 29 heavy (non-hydrogen) atoms. The highest BCUT2D eigenvalue weighted by Gasteiger charge is 2.31. The number of likely N-dealkylation sites (tertiary alicyclic amines) is 1. The van der Waals surface area contributed by atoms with Crippen molar-refractivity contribution in [3.05, 3.63) is 41.7 Å². The van der Waals surface area contributed by atoms with Gasteiger partial charge in [0.25, 0.3) is 0 Å². The first-order valence-corrected chi connectivity index (χ1v) is 9.70. The van der Waals surface area contributed by atoms with Gasteiger partial charge in [-0.1, -0.05) is 19.1 Å².